The third-order valence-corrected chi connectivity index (χ3v) is 16.0. The molecule has 2 bridgehead atoms. The first-order valence-corrected chi connectivity index (χ1v) is 27.5. The molecule has 3 saturated heterocycles. The Morgan fingerprint density at radius 2 is 1.21 bits per heavy atom. The average Bonchev–Trinajstić information content (AvgIpc) is 3.35. The molecule has 3 N–H and O–H groups in total. The number of likely N-dealkylation sites (N-methyl/N-ethyl adjacent to an activating group) is 7. The smallest absolute Gasteiger partial charge is 0.337 e. The second-order valence-electron chi connectivity index (χ2n) is 23.3. The largest absolute Gasteiger partial charge is 0.345 e. The van der Waals surface area contributed by atoms with Crippen LogP contribution in [0.15, 0.2) is 12.2 Å². The Kier molecular flexibility index (Phi) is 23.8. The molecule has 22 heteroatoms. The van der Waals surface area contributed by atoms with E-state index in [2.05, 4.69) is 16.0 Å². The van der Waals surface area contributed by atoms with E-state index in [1.807, 2.05) is 46.8 Å². The zero-order valence-corrected chi connectivity index (χ0v) is 49.5. The molecule has 0 saturated carbocycles. The highest BCUT2D eigenvalue weighted by Gasteiger charge is 2.63. The zero-order chi connectivity index (χ0) is 58.7. The first-order valence-electron chi connectivity index (χ1n) is 27.5. The van der Waals surface area contributed by atoms with Crippen LogP contribution in [0.5, 0.6) is 0 Å². The Morgan fingerprint density at radius 1 is 0.636 bits per heavy atom. The number of quaternary nitrogens is 1. The van der Waals surface area contributed by atoms with Crippen molar-refractivity contribution in [1.29, 1.82) is 0 Å². The molecule has 3 aliphatic heterocycles. The van der Waals surface area contributed by atoms with Crippen LogP contribution in [0.4, 0.5) is 0 Å². The Balaban J connectivity index is 2.15. The van der Waals surface area contributed by atoms with Crippen molar-refractivity contribution in [2.75, 3.05) is 81.6 Å². The number of nitrogens with zero attached hydrogens (tertiary/aromatic N) is 8. The molecule has 3 rings (SSSR count). The van der Waals surface area contributed by atoms with Gasteiger partial charge in [0.15, 0.2) is 6.54 Å². The fourth-order valence-corrected chi connectivity index (χ4v) is 11.0. The van der Waals surface area contributed by atoms with Gasteiger partial charge >= 0.3 is 5.91 Å². The van der Waals surface area contributed by atoms with Gasteiger partial charge in [-0.1, -0.05) is 67.5 Å². The van der Waals surface area contributed by atoms with Gasteiger partial charge in [0.2, 0.25) is 53.2 Å². The number of rotatable bonds is 9. The minimum absolute atomic E-state index is 0.0698. The van der Waals surface area contributed by atoms with Gasteiger partial charge in [0.1, 0.15) is 48.3 Å². The number of allylic oxidation sites excluding steroid dienone is 2. The molecule has 0 aromatic heterocycles. The zero-order valence-electron chi connectivity index (χ0n) is 49.5. The van der Waals surface area contributed by atoms with E-state index >= 15 is 4.79 Å². The maximum Gasteiger partial charge on any atom is 0.337 e. The summed E-state index contributed by atoms with van der Waals surface area (Å²) in [6.07, 6.45) is 5.93. The minimum atomic E-state index is -1.16. The van der Waals surface area contributed by atoms with Gasteiger partial charge in [0.05, 0.1) is 32.6 Å². The van der Waals surface area contributed by atoms with Gasteiger partial charge in [-0.25, -0.2) is 9.28 Å². The maximum atomic E-state index is 15.0. The number of amides is 11. The molecule has 10 atom stereocenters. The van der Waals surface area contributed by atoms with Gasteiger partial charge in [-0.05, 0) is 77.0 Å². The summed E-state index contributed by atoms with van der Waals surface area (Å²) in [7, 11) is 8.78. The first-order chi connectivity index (χ1) is 35.8. The average molecular weight is 1090 g/mol. The summed E-state index contributed by atoms with van der Waals surface area (Å²) in [6.45, 7) is 19.8. The molecular weight excluding hydrogens is 991 g/mol. The number of nitrogens with one attached hydrogen (secondary N) is 3. The van der Waals surface area contributed by atoms with E-state index in [4.69, 9.17) is 0 Å². The van der Waals surface area contributed by atoms with Crippen molar-refractivity contribution in [2.24, 2.45) is 29.6 Å². The molecule has 3 fully saturated rings. The molecule has 434 valence electrons. The molecule has 0 aromatic rings. The molecule has 11 amide bonds. The number of carbonyl (C=O) groups excluding carboxylic acids is 11. The standard InChI is InChI=1S/C55H93N11O11/c1-19-21-22-38-27-41-55(77)66(24-23-42(38)66)31-46(70)61(15)37(12)51(73)65(20-2)48(35(9)10)50(72)58-47(34(7)8)54(76)59(13)29-43(67)57-36(11)49(71)56-28-44(68)62(16)40(26-33(5)6)53(75)64(18)39(25-32(3)4)52(74)60(14)30-45(69)63(41)17/h19,21,32-42,47-48H,20,22-31H2,1-18H3,(H2-,56,57,58,67,71,72)/p+1. The summed E-state index contributed by atoms with van der Waals surface area (Å²) in [4.78, 5) is 165. The van der Waals surface area contributed by atoms with E-state index in [1.54, 1.807) is 41.5 Å². The highest BCUT2D eigenvalue weighted by Crippen LogP contribution is 2.44. The van der Waals surface area contributed by atoms with E-state index in [0.717, 1.165) is 4.90 Å². The lowest BCUT2D eigenvalue weighted by Gasteiger charge is -2.58. The second kappa shape index (κ2) is 28.1. The van der Waals surface area contributed by atoms with Crippen molar-refractivity contribution in [3.63, 3.8) is 0 Å². The topological polar surface area (TPSA) is 247 Å². The van der Waals surface area contributed by atoms with Crippen molar-refractivity contribution in [1.82, 2.24) is 50.2 Å². The number of hydrogen-bond donors (Lipinski definition) is 3. The van der Waals surface area contributed by atoms with E-state index in [9.17, 15) is 47.9 Å². The first kappa shape index (κ1) is 65.4. The number of piperidine rings is 1. The fourth-order valence-electron chi connectivity index (χ4n) is 11.0. The summed E-state index contributed by atoms with van der Waals surface area (Å²) in [5, 5.41) is 7.90. The van der Waals surface area contributed by atoms with E-state index in [-0.39, 0.29) is 60.1 Å². The van der Waals surface area contributed by atoms with Crippen LogP contribution in [-0.2, 0) is 52.7 Å². The van der Waals surface area contributed by atoms with Gasteiger partial charge in [-0.15, -0.1) is 0 Å². The van der Waals surface area contributed by atoms with Crippen LogP contribution in [0.25, 0.3) is 0 Å². The van der Waals surface area contributed by atoms with Gasteiger partial charge in [-0.2, -0.15) is 0 Å². The molecule has 1 spiro atoms. The van der Waals surface area contributed by atoms with Crippen LogP contribution in [0.2, 0.25) is 0 Å². The number of fused-ring (bicyclic) bond motifs is 1. The van der Waals surface area contributed by atoms with E-state index in [1.165, 1.54) is 78.6 Å². The Morgan fingerprint density at radius 3 is 1.71 bits per heavy atom. The Labute approximate surface area is 457 Å². The van der Waals surface area contributed by atoms with Gasteiger partial charge in [0, 0.05) is 54.7 Å². The Bertz CT molecular complexity index is 2220. The maximum absolute atomic E-state index is 15.0. The summed E-state index contributed by atoms with van der Waals surface area (Å²) in [6, 6.07) is -7.77. The minimum Gasteiger partial charge on any atom is -0.345 e. The van der Waals surface area contributed by atoms with Crippen LogP contribution < -0.4 is 16.0 Å². The lowest BCUT2D eigenvalue weighted by molar-refractivity contribution is -0.923. The molecular formula is C55H94N11O11+. The van der Waals surface area contributed by atoms with Crippen LogP contribution in [0, 0.1) is 29.6 Å². The highest BCUT2D eigenvalue weighted by atomic mass is 16.2. The van der Waals surface area contributed by atoms with Crippen LogP contribution in [0.3, 0.4) is 0 Å². The van der Waals surface area contributed by atoms with Crippen LogP contribution in [0.1, 0.15) is 115 Å². The number of hydrogen-bond acceptors (Lipinski definition) is 11. The van der Waals surface area contributed by atoms with Gasteiger partial charge in [-0.3, -0.25) is 47.9 Å². The van der Waals surface area contributed by atoms with Crippen molar-refractivity contribution in [2.45, 2.75) is 164 Å². The van der Waals surface area contributed by atoms with Crippen LogP contribution >= 0.6 is 0 Å². The summed E-state index contributed by atoms with van der Waals surface area (Å²) >= 11 is 0. The second-order valence-corrected chi connectivity index (χ2v) is 23.3. The molecule has 3 heterocycles. The molecule has 3 aliphatic rings. The lowest BCUT2D eigenvalue weighted by Crippen LogP contribution is -2.78. The van der Waals surface area contributed by atoms with Crippen LogP contribution in [-0.4, -0.2) is 234 Å². The molecule has 10 unspecified atom stereocenters. The van der Waals surface area contributed by atoms with Gasteiger partial charge in [0.25, 0.3) is 5.91 Å². The Hall–Kier alpha value is -5.93. The monoisotopic (exact) mass is 1080 g/mol. The predicted octanol–water partition coefficient (Wildman–Crippen LogP) is 1.07. The van der Waals surface area contributed by atoms with Crippen molar-refractivity contribution >= 4 is 65.0 Å². The molecule has 0 aromatic carbocycles. The third-order valence-electron chi connectivity index (χ3n) is 16.0. The van der Waals surface area contributed by atoms with E-state index < -0.39 is 133 Å². The molecule has 0 aliphatic carbocycles. The van der Waals surface area contributed by atoms with Crippen molar-refractivity contribution < 1.29 is 57.2 Å². The molecule has 77 heavy (non-hydrogen) atoms. The normalized spacial score (nSPS) is 29.8. The third kappa shape index (κ3) is 15.6. The number of carbonyl (C=O) groups is 11. The molecule has 22 nitrogen and oxygen atoms in total. The summed E-state index contributed by atoms with van der Waals surface area (Å²) < 4.78 is -0.220. The van der Waals surface area contributed by atoms with Crippen molar-refractivity contribution in [3.05, 3.63) is 12.2 Å². The highest BCUT2D eigenvalue weighted by molar-refractivity contribution is 5.98. The fraction of sp³-hybridized carbons (Fsp3) is 0.764. The van der Waals surface area contributed by atoms with E-state index in [0.29, 0.717) is 25.8 Å². The summed E-state index contributed by atoms with van der Waals surface area (Å²) in [5.74, 6) is -7.40. The quantitative estimate of drug-likeness (QED) is 0.218. The SMILES string of the molecule is CC=CCC1CC2C(=O)[N+]3(CCC13)CC(=O)N(C)C(C)C(=O)N(CC)C(C(C)C)C(=O)NC(C(C)C)C(=O)N(C)CC(=O)NC(C)C(=O)NCC(=O)N(C)C(CC(C)C)C(=O)N(C)C(CC(C)C)C(=O)N(C)CC(=O)N2C. The molecule has 0 radical (unpaired) electrons. The van der Waals surface area contributed by atoms with Crippen molar-refractivity contribution in [3.8, 4) is 0 Å². The predicted molar refractivity (Wildman–Crippen MR) is 290 cm³/mol. The van der Waals surface area contributed by atoms with Gasteiger partial charge < -0.3 is 50.2 Å². The lowest BCUT2D eigenvalue weighted by atomic mass is 9.74. The summed E-state index contributed by atoms with van der Waals surface area (Å²) in [5.41, 5.74) is 0.